The third-order valence-corrected chi connectivity index (χ3v) is 2.97. The van der Waals surface area contributed by atoms with Crippen molar-refractivity contribution in [2.75, 3.05) is 17.7 Å². The smallest absolute Gasteiger partial charge is 0.276 e. The van der Waals surface area contributed by atoms with Crippen LogP contribution in [0.5, 0.6) is 0 Å². The number of hydrogen-bond acceptors (Lipinski definition) is 4. The maximum atomic E-state index is 13.3. The molecule has 0 aliphatic rings. The molecule has 0 aliphatic heterocycles. The molecule has 1 aromatic carbocycles. The second-order valence-electron chi connectivity index (χ2n) is 3.64. The van der Waals surface area contributed by atoms with Crippen molar-refractivity contribution in [3.63, 3.8) is 0 Å². The molecule has 98 valence electrons. The Bertz CT molecular complexity index is 603. The number of hydrogen-bond donors (Lipinski definition) is 2. The zero-order valence-corrected chi connectivity index (χ0v) is 11.5. The molecular formula is C12H10BrFN4O. The van der Waals surface area contributed by atoms with E-state index in [1.54, 1.807) is 19.2 Å². The average Bonchev–Trinajstić information content (AvgIpc) is 2.43. The first-order chi connectivity index (χ1) is 9.10. The lowest BCUT2D eigenvalue weighted by Gasteiger charge is -2.05. The van der Waals surface area contributed by atoms with Crippen LogP contribution in [0.3, 0.4) is 0 Å². The molecule has 0 aliphatic carbocycles. The molecule has 2 N–H and O–H groups in total. The molecule has 0 unspecified atom stereocenters. The minimum absolute atomic E-state index is 0.155. The van der Waals surface area contributed by atoms with Gasteiger partial charge in [0.1, 0.15) is 11.6 Å². The van der Waals surface area contributed by atoms with Crippen LogP contribution in [-0.4, -0.2) is 23.2 Å². The summed E-state index contributed by atoms with van der Waals surface area (Å²) in [6, 6.07) is 7.48. The van der Waals surface area contributed by atoms with Crippen LogP contribution in [0.2, 0.25) is 0 Å². The van der Waals surface area contributed by atoms with Gasteiger partial charge in [-0.25, -0.2) is 4.39 Å². The second kappa shape index (κ2) is 5.75. The van der Waals surface area contributed by atoms with E-state index in [-0.39, 0.29) is 5.69 Å². The molecular weight excluding hydrogens is 315 g/mol. The highest BCUT2D eigenvalue weighted by molar-refractivity contribution is 9.10. The van der Waals surface area contributed by atoms with Crippen LogP contribution in [0.1, 0.15) is 10.5 Å². The molecule has 0 atom stereocenters. The summed E-state index contributed by atoms with van der Waals surface area (Å²) < 4.78 is 13.6. The predicted octanol–water partition coefficient (Wildman–Crippen LogP) is 2.67. The van der Waals surface area contributed by atoms with Crippen LogP contribution in [0.25, 0.3) is 0 Å². The van der Waals surface area contributed by atoms with Crippen LogP contribution in [0.4, 0.5) is 15.9 Å². The zero-order valence-electron chi connectivity index (χ0n) is 9.95. The van der Waals surface area contributed by atoms with Gasteiger partial charge in [-0.3, -0.25) is 4.79 Å². The SMILES string of the molecule is CNc1ccc(C(=O)Nc2ccc(Br)c(F)c2)nn1. The summed E-state index contributed by atoms with van der Waals surface area (Å²) in [6.45, 7) is 0. The molecule has 2 aromatic rings. The molecule has 0 saturated heterocycles. The van der Waals surface area contributed by atoms with E-state index in [1.165, 1.54) is 18.2 Å². The van der Waals surface area contributed by atoms with Crippen molar-refractivity contribution >= 4 is 33.3 Å². The molecule has 1 heterocycles. The van der Waals surface area contributed by atoms with Crippen LogP contribution in [0.15, 0.2) is 34.8 Å². The fourth-order valence-electron chi connectivity index (χ4n) is 1.36. The average molecular weight is 325 g/mol. The molecule has 1 amide bonds. The Kier molecular flexibility index (Phi) is 4.06. The number of nitrogens with one attached hydrogen (secondary N) is 2. The lowest BCUT2D eigenvalue weighted by atomic mass is 10.3. The van der Waals surface area contributed by atoms with E-state index in [4.69, 9.17) is 0 Å². The number of halogens is 2. The Morgan fingerprint density at radius 2 is 2.05 bits per heavy atom. The van der Waals surface area contributed by atoms with Crippen molar-refractivity contribution in [1.82, 2.24) is 10.2 Å². The summed E-state index contributed by atoms with van der Waals surface area (Å²) >= 11 is 3.04. The van der Waals surface area contributed by atoms with E-state index in [9.17, 15) is 9.18 Å². The molecule has 0 fully saturated rings. The first-order valence-corrected chi connectivity index (χ1v) is 6.17. The largest absolute Gasteiger partial charge is 0.372 e. The van der Waals surface area contributed by atoms with Crippen molar-refractivity contribution in [3.05, 3.63) is 46.3 Å². The van der Waals surface area contributed by atoms with Gasteiger partial charge in [0.15, 0.2) is 5.69 Å². The highest BCUT2D eigenvalue weighted by atomic mass is 79.9. The van der Waals surface area contributed by atoms with E-state index in [0.29, 0.717) is 16.0 Å². The lowest BCUT2D eigenvalue weighted by molar-refractivity contribution is 0.102. The zero-order chi connectivity index (χ0) is 13.8. The Balaban J connectivity index is 2.13. The molecule has 0 bridgehead atoms. The molecule has 5 nitrogen and oxygen atoms in total. The molecule has 7 heteroatoms. The molecule has 0 spiro atoms. The Labute approximate surface area is 117 Å². The molecule has 0 radical (unpaired) electrons. The van der Waals surface area contributed by atoms with Crippen molar-refractivity contribution in [2.24, 2.45) is 0 Å². The van der Waals surface area contributed by atoms with Gasteiger partial charge in [-0.2, -0.15) is 0 Å². The van der Waals surface area contributed by atoms with E-state index < -0.39 is 11.7 Å². The number of nitrogens with zero attached hydrogens (tertiary/aromatic N) is 2. The maximum Gasteiger partial charge on any atom is 0.276 e. The highest BCUT2D eigenvalue weighted by Gasteiger charge is 2.09. The van der Waals surface area contributed by atoms with Crippen LogP contribution < -0.4 is 10.6 Å². The maximum absolute atomic E-state index is 13.3. The minimum atomic E-state index is -0.450. The van der Waals surface area contributed by atoms with Gasteiger partial charge in [0.25, 0.3) is 5.91 Å². The highest BCUT2D eigenvalue weighted by Crippen LogP contribution is 2.19. The first-order valence-electron chi connectivity index (χ1n) is 5.38. The lowest BCUT2D eigenvalue weighted by Crippen LogP contribution is -2.14. The number of amides is 1. The molecule has 2 rings (SSSR count). The van der Waals surface area contributed by atoms with Gasteiger partial charge in [0, 0.05) is 12.7 Å². The number of rotatable bonds is 3. The van der Waals surface area contributed by atoms with Crippen molar-refractivity contribution < 1.29 is 9.18 Å². The van der Waals surface area contributed by atoms with E-state index in [1.807, 2.05) is 0 Å². The fourth-order valence-corrected chi connectivity index (χ4v) is 1.60. The third-order valence-electron chi connectivity index (χ3n) is 2.33. The van der Waals surface area contributed by atoms with Gasteiger partial charge in [-0.15, -0.1) is 10.2 Å². The quantitative estimate of drug-likeness (QED) is 0.910. The Morgan fingerprint density at radius 3 is 2.63 bits per heavy atom. The molecule has 1 aromatic heterocycles. The van der Waals surface area contributed by atoms with Gasteiger partial charge >= 0.3 is 0 Å². The second-order valence-corrected chi connectivity index (χ2v) is 4.49. The summed E-state index contributed by atoms with van der Waals surface area (Å²) in [6.07, 6.45) is 0. The van der Waals surface area contributed by atoms with Gasteiger partial charge in [-0.1, -0.05) is 0 Å². The van der Waals surface area contributed by atoms with Crippen molar-refractivity contribution in [1.29, 1.82) is 0 Å². The number of aromatic nitrogens is 2. The van der Waals surface area contributed by atoms with Gasteiger partial charge < -0.3 is 10.6 Å². The number of carbonyl (C=O) groups excluding carboxylic acids is 1. The van der Waals surface area contributed by atoms with Gasteiger partial charge in [-0.05, 0) is 46.3 Å². The summed E-state index contributed by atoms with van der Waals surface area (Å²) in [5, 5.41) is 12.9. The summed E-state index contributed by atoms with van der Waals surface area (Å²) in [4.78, 5) is 11.8. The minimum Gasteiger partial charge on any atom is -0.372 e. The molecule has 0 saturated carbocycles. The first kappa shape index (κ1) is 13.4. The standard InChI is InChI=1S/C12H10BrFN4O/c1-15-11-5-4-10(17-18-11)12(19)16-7-2-3-8(13)9(14)6-7/h2-6H,1H3,(H,15,18)(H,16,19). The van der Waals surface area contributed by atoms with Gasteiger partial charge in [0.2, 0.25) is 0 Å². The van der Waals surface area contributed by atoms with Crippen LogP contribution in [-0.2, 0) is 0 Å². The number of benzene rings is 1. The topological polar surface area (TPSA) is 66.9 Å². The Morgan fingerprint density at radius 1 is 1.26 bits per heavy atom. The summed E-state index contributed by atoms with van der Waals surface area (Å²) in [5.41, 5.74) is 0.507. The van der Waals surface area contributed by atoms with Crippen LogP contribution in [0, 0.1) is 5.82 Å². The van der Waals surface area contributed by atoms with E-state index >= 15 is 0 Å². The summed E-state index contributed by atoms with van der Waals surface area (Å²) in [7, 11) is 1.70. The third kappa shape index (κ3) is 3.25. The van der Waals surface area contributed by atoms with Gasteiger partial charge in [0.05, 0.1) is 4.47 Å². The fraction of sp³-hybridized carbons (Fsp3) is 0.0833. The normalized spacial score (nSPS) is 10.1. The van der Waals surface area contributed by atoms with Crippen molar-refractivity contribution in [3.8, 4) is 0 Å². The predicted molar refractivity (Wildman–Crippen MR) is 73.6 cm³/mol. The Hall–Kier alpha value is -2.02. The van der Waals surface area contributed by atoms with E-state index in [2.05, 4.69) is 36.8 Å². The van der Waals surface area contributed by atoms with Crippen molar-refractivity contribution in [2.45, 2.75) is 0 Å². The summed E-state index contributed by atoms with van der Waals surface area (Å²) in [5.74, 6) is -0.336. The number of carbonyl (C=O) groups is 1. The molecule has 19 heavy (non-hydrogen) atoms. The monoisotopic (exact) mass is 324 g/mol. The van der Waals surface area contributed by atoms with Crippen LogP contribution >= 0.6 is 15.9 Å². The van der Waals surface area contributed by atoms with E-state index in [0.717, 1.165) is 0 Å². The number of anilines is 2.